The maximum atomic E-state index is 0. The molecular weight excluding hydrogens is 218 g/mol. The molecule has 0 nitrogen and oxygen atoms in total. The molecule has 0 rings (SSSR count). The van der Waals surface area contributed by atoms with Gasteiger partial charge in [0.05, 0.1) is 0 Å². The molecule has 0 N–H and O–H groups in total. The molecule has 0 aliphatic heterocycles. The van der Waals surface area contributed by atoms with E-state index in [4.69, 9.17) is 0 Å². The van der Waals surface area contributed by atoms with Gasteiger partial charge in [-0.25, -0.2) is 0 Å². The van der Waals surface area contributed by atoms with E-state index in [1.807, 2.05) is 0 Å². The molecule has 0 radical (unpaired) electrons. The van der Waals surface area contributed by atoms with Crippen LogP contribution in [0.5, 0.6) is 0 Å². The Balaban J connectivity index is 0. The van der Waals surface area contributed by atoms with Crippen LogP contribution in [0.25, 0.3) is 0 Å². The van der Waals surface area contributed by atoms with Crippen molar-refractivity contribution in [2.45, 2.75) is 0 Å². The Morgan fingerprint density at radius 2 is 0.750 bits per heavy atom. The van der Waals surface area contributed by atoms with Crippen molar-refractivity contribution in [1.29, 1.82) is 0 Å². The zero-order valence-electron chi connectivity index (χ0n) is 2.39. The van der Waals surface area contributed by atoms with E-state index in [-0.39, 0.29) is 104 Å². The van der Waals surface area contributed by atoms with Crippen LogP contribution in [-0.4, -0.2) is 25.8 Å². The summed E-state index contributed by atoms with van der Waals surface area (Å²) >= 11 is 0. The van der Waals surface area contributed by atoms with Crippen molar-refractivity contribution in [3.63, 3.8) is 0 Å². The molecule has 0 fully saturated rings. The van der Waals surface area contributed by atoms with E-state index in [2.05, 4.69) is 0 Å². The molecule has 0 unspecified atom stereocenters. The summed E-state index contributed by atoms with van der Waals surface area (Å²) in [7, 11) is 0. The minimum Gasteiger partial charge on any atom is -2.00 e. The second kappa shape index (κ2) is 16.4. The van der Waals surface area contributed by atoms with Crippen LogP contribution in [0.15, 0.2) is 0 Å². The molecule has 0 bridgehead atoms. The molecule has 0 atom stereocenters. The Kier molecular flexibility index (Phi) is 110. The fourth-order valence-corrected chi connectivity index (χ4v) is 0. The van der Waals surface area contributed by atoms with Gasteiger partial charge in [0, 0.05) is 0 Å². The Hall–Kier alpha value is 3.21. The Bertz CT molecular complexity index is 6.00. The van der Waals surface area contributed by atoms with Crippen LogP contribution in [0.4, 0.5) is 0 Å². The number of hydrogen-bond acceptors (Lipinski definition) is 0. The maximum absolute atomic E-state index is 0. The largest absolute Gasteiger partial charge is 3.00 e. The molecule has 4 heteroatoms. The van der Waals surface area contributed by atoms with E-state index < -0.39 is 0 Å². The molecule has 0 saturated heterocycles. The van der Waals surface area contributed by atoms with E-state index in [9.17, 15) is 0 Å². The third kappa shape index (κ3) is 8.96. The van der Waals surface area contributed by atoms with Crippen molar-refractivity contribution >= 4 is 52.8 Å². The third-order valence-electron chi connectivity index (χ3n) is 0. The summed E-state index contributed by atoms with van der Waals surface area (Å²) in [4.78, 5) is 0. The maximum Gasteiger partial charge on any atom is 3.00 e. The van der Waals surface area contributed by atoms with Gasteiger partial charge in [-0.15, -0.1) is 0 Å². The average Bonchev–Trinajstić information content (AvgIpc) is 0. The van der Waals surface area contributed by atoms with E-state index in [0.29, 0.717) is 0 Å². The molecule has 0 aliphatic rings. The fraction of sp³-hybridized carbons (Fsp3) is 0. The third-order valence-corrected chi connectivity index (χ3v) is 0. The second-order valence-corrected chi connectivity index (χ2v) is 0. The minimum absolute atomic E-state index is 0. The number of rotatable bonds is 0. The van der Waals surface area contributed by atoms with Crippen molar-refractivity contribution in [2.75, 3.05) is 0 Å². The molecule has 0 saturated carbocycles. The summed E-state index contributed by atoms with van der Waals surface area (Å²) in [6.07, 6.45) is 0. The zero-order valence-corrected chi connectivity index (χ0v) is 10.4. The molecule has 0 aliphatic carbocycles. The smallest absolute Gasteiger partial charge is 2.00 e. The summed E-state index contributed by atoms with van der Waals surface area (Å²) in [5.41, 5.74) is 0. The van der Waals surface area contributed by atoms with Gasteiger partial charge in [0.1, 0.15) is 0 Å². The summed E-state index contributed by atoms with van der Waals surface area (Å²) in [6, 6.07) is 0. The molecule has 16 valence electrons. The van der Waals surface area contributed by atoms with Gasteiger partial charge >= 0.3 is 77.2 Å². The molecule has 0 aromatic rings. The normalized spacial score (nSPS) is 0. The first-order valence-corrected chi connectivity index (χ1v) is 0. The van der Waals surface area contributed by atoms with Crippen LogP contribution in [-0.2, 0) is 27.0 Å². The Morgan fingerprint density at radius 1 is 0.750 bits per heavy atom. The number of hydrogen-bond donors (Lipinski definition) is 0. The second-order valence-electron chi connectivity index (χ2n) is 0. The van der Waals surface area contributed by atoms with Crippen LogP contribution < -0.4 is 51.4 Å². The topological polar surface area (TPSA) is 0 Å². The van der Waals surface area contributed by atoms with Gasteiger partial charge in [0.2, 0.25) is 0 Å². The summed E-state index contributed by atoms with van der Waals surface area (Å²) in [5, 5.41) is 0. The van der Waals surface area contributed by atoms with Crippen LogP contribution >= 0.6 is 0 Å². The van der Waals surface area contributed by atoms with E-state index >= 15 is 0 Å². The first kappa shape index (κ1) is 27.0. The first-order valence-electron chi connectivity index (χ1n) is 0. The Morgan fingerprint density at radius 3 is 0.750 bits per heavy atom. The summed E-state index contributed by atoms with van der Waals surface area (Å²) < 4.78 is 0. The predicted octanol–water partition coefficient (Wildman–Crippen LogP) is -3.38. The first-order chi connectivity index (χ1) is 0. The average molecular weight is 218 g/mol. The van der Waals surface area contributed by atoms with Crippen molar-refractivity contribution in [1.82, 2.24) is 0 Å². The molecule has 0 amide bonds. The molecule has 0 aromatic heterocycles. The van der Waals surface area contributed by atoms with Gasteiger partial charge in [-0.1, -0.05) is 0 Å². The predicted molar refractivity (Wildman–Crippen MR) is 20.5 cm³/mol. The van der Waals surface area contributed by atoms with Gasteiger partial charge in [-0.2, -0.15) is 0 Å². The molecule has 4 heavy (non-hydrogen) atoms. The van der Waals surface area contributed by atoms with E-state index in [1.165, 1.54) is 0 Å². The summed E-state index contributed by atoms with van der Waals surface area (Å²) in [5.74, 6) is 0. The minimum atomic E-state index is 0. The quantitative estimate of drug-likeness (QED) is 0.372. The Labute approximate surface area is 102 Å². The van der Waals surface area contributed by atoms with Gasteiger partial charge in [0.15, 0.2) is 0 Å². The molecule has 0 aromatic carbocycles. The van der Waals surface area contributed by atoms with Crippen molar-refractivity contribution < 1.29 is 51.4 Å². The molecule has 0 heterocycles. The van der Waals surface area contributed by atoms with Gasteiger partial charge in [-0.05, 0) is 0 Å². The molecular formula is InKS2. The van der Waals surface area contributed by atoms with Crippen molar-refractivity contribution in [2.24, 2.45) is 0 Å². The monoisotopic (exact) mass is 218 g/mol. The summed E-state index contributed by atoms with van der Waals surface area (Å²) in [6.45, 7) is 0. The van der Waals surface area contributed by atoms with Crippen molar-refractivity contribution in [3.05, 3.63) is 0 Å². The van der Waals surface area contributed by atoms with Crippen LogP contribution in [0.1, 0.15) is 0 Å². The SMILES string of the molecule is [In+3].[K+].[S-2].[S-2]. The fourth-order valence-electron chi connectivity index (χ4n) is 0. The van der Waals surface area contributed by atoms with Gasteiger partial charge < -0.3 is 27.0 Å². The standard InChI is InChI=1S/In.K.2S/q+3;+1;2*-2. The molecule has 0 spiro atoms. The van der Waals surface area contributed by atoms with Gasteiger partial charge in [-0.3, -0.25) is 0 Å². The van der Waals surface area contributed by atoms with Crippen LogP contribution in [0, 0.1) is 0 Å². The van der Waals surface area contributed by atoms with E-state index in [0.717, 1.165) is 0 Å². The van der Waals surface area contributed by atoms with Crippen molar-refractivity contribution in [3.8, 4) is 0 Å². The van der Waals surface area contributed by atoms with Crippen LogP contribution in [0.2, 0.25) is 0 Å². The zero-order chi connectivity index (χ0) is 0. The van der Waals surface area contributed by atoms with E-state index in [1.54, 1.807) is 0 Å². The van der Waals surface area contributed by atoms with Gasteiger partial charge in [0.25, 0.3) is 0 Å². The van der Waals surface area contributed by atoms with Crippen LogP contribution in [0.3, 0.4) is 0 Å².